The van der Waals surface area contributed by atoms with Crippen LogP contribution in [0.1, 0.15) is 58.4 Å². The van der Waals surface area contributed by atoms with E-state index in [0.717, 1.165) is 6.42 Å². The molecule has 1 aliphatic heterocycles. The summed E-state index contributed by atoms with van der Waals surface area (Å²) in [5.74, 6) is -4.05. The number of benzene rings is 1. The number of hydrogen-bond donors (Lipinski definition) is 1. The summed E-state index contributed by atoms with van der Waals surface area (Å²) in [6.07, 6.45) is 1.78. The van der Waals surface area contributed by atoms with E-state index in [9.17, 15) is 18.8 Å². The largest absolute Gasteiger partial charge is 0.465 e. The Morgan fingerprint density at radius 3 is 2.50 bits per heavy atom. The van der Waals surface area contributed by atoms with Crippen molar-refractivity contribution in [3.63, 3.8) is 0 Å². The number of carbonyl (C=O) groups excluding carboxylic acids is 3. The molecular formula is C25H30FNO5. The van der Waals surface area contributed by atoms with Crippen LogP contribution in [0.4, 0.5) is 4.39 Å². The van der Waals surface area contributed by atoms with E-state index >= 15 is 0 Å². The molecule has 172 valence electrons. The van der Waals surface area contributed by atoms with E-state index in [4.69, 9.17) is 9.47 Å². The third-order valence-electron chi connectivity index (χ3n) is 5.89. The van der Waals surface area contributed by atoms with Crippen LogP contribution in [0.3, 0.4) is 0 Å². The number of esters is 2. The van der Waals surface area contributed by atoms with E-state index in [1.807, 2.05) is 13.8 Å². The predicted molar refractivity (Wildman–Crippen MR) is 117 cm³/mol. The highest BCUT2D eigenvalue weighted by atomic mass is 19.1. The van der Waals surface area contributed by atoms with Crippen molar-refractivity contribution in [3.8, 4) is 0 Å². The van der Waals surface area contributed by atoms with Crippen LogP contribution in [0.5, 0.6) is 0 Å². The first-order valence-corrected chi connectivity index (χ1v) is 11.2. The number of halogens is 1. The number of ketones is 1. The van der Waals surface area contributed by atoms with E-state index < -0.39 is 35.4 Å². The highest BCUT2D eigenvalue weighted by Gasteiger charge is 2.47. The minimum Gasteiger partial charge on any atom is -0.465 e. The summed E-state index contributed by atoms with van der Waals surface area (Å²) in [6.45, 7) is 7.56. The lowest BCUT2D eigenvalue weighted by molar-refractivity contribution is -0.153. The molecule has 1 heterocycles. The molecule has 0 amide bonds. The lowest BCUT2D eigenvalue weighted by Gasteiger charge is -2.39. The van der Waals surface area contributed by atoms with Crippen LogP contribution in [0, 0.1) is 17.7 Å². The Labute approximate surface area is 187 Å². The third-order valence-corrected chi connectivity index (χ3v) is 5.89. The number of dihydropyridines is 1. The van der Waals surface area contributed by atoms with Crippen molar-refractivity contribution in [3.05, 3.63) is 58.2 Å². The van der Waals surface area contributed by atoms with Gasteiger partial charge >= 0.3 is 11.9 Å². The molecule has 2 aliphatic rings. The molecule has 0 fully saturated rings. The standard InChI is InChI=1S/C25H30FNO5/c1-5-9-17-22(25(30)32-7-3)20(15-10-8-11-16(26)13-15)21-18(27-17)12-14(4)19(23(21)28)24(29)31-6-2/h8,10-11,13-14,19-20,27H,5-7,9,12H2,1-4H3/t14-,19-,20+/m0/s1. The van der Waals surface area contributed by atoms with Gasteiger partial charge in [0.15, 0.2) is 5.78 Å². The molecule has 1 N–H and O–H groups in total. The molecule has 0 saturated carbocycles. The molecule has 0 bridgehead atoms. The fourth-order valence-electron chi connectivity index (χ4n) is 4.62. The van der Waals surface area contributed by atoms with Gasteiger partial charge in [-0.1, -0.05) is 32.4 Å². The van der Waals surface area contributed by atoms with E-state index in [2.05, 4.69) is 5.32 Å². The summed E-state index contributed by atoms with van der Waals surface area (Å²) in [5, 5.41) is 3.30. The van der Waals surface area contributed by atoms with Crippen LogP contribution >= 0.6 is 0 Å². The molecule has 1 aliphatic carbocycles. The van der Waals surface area contributed by atoms with Crippen molar-refractivity contribution in [1.82, 2.24) is 5.32 Å². The zero-order valence-corrected chi connectivity index (χ0v) is 19.0. The lowest BCUT2D eigenvalue weighted by Crippen LogP contribution is -2.43. The first-order chi connectivity index (χ1) is 15.3. The Morgan fingerprint density at radius 1 is 1.16 bits per heavy atom. The maximum atomic E-state index is 14.2. The van der Waals surface area contributed by atoms with E-state index in [-0.39, 0.29) is 19.1 Å². The average molecular weight is 444 g/mol. The first-order valence-electron chi connectivity index (χ1n) is 11.2. The number of ether oxygens (including phenoxy) is 2. The number of hydrogen-bond acceptors (Lipinski definition) is 6. The fourth-order valence-corrected chi connectivity index (χ4v) is 4.62. The second-order valence-corrected chi connectivity index (χ2v) is 8.14. The second kappa shape index (κ2) is 10.1. The van der Waals surface area contributed by atoms with Crippen LogP contribution in [-0.2, 0) is 23.9 Å². The van der Waals surface area contributed by atoms with Gasteiger partial charge in [-0.2, -0.15) is 0 Å². The van der Waals surface area contributed by atoms with Crippen molar-refractivity contribution < 1.29 is 28.2 Å². The smallest absolute Gasteiger partial charge is 0.336 e. The summed E-state index contributed by atoms with van der Waals surface area (Å²) in [6, 6.07) is 5.88. The summed E-state index contributed by atoms with van der Waals surface area (Å²) in [5.41, 5.74) is 2.43. The van der Waals surface area contributed by atoms with E-state index in [1.165, 1.54) is 12.1 Å². The molecule has 0 saturated heterocycles. The molecule has 0 spiro atoms. The van der Waals surface area contributed by atoms with Crippen molar-refractivity contribution in [2.24, 2.45) is 11.8 Å². The van der Waals surface area contributed by atoms with Gasteiger partial charge in [-0.25, -0.2) is 9.18 Å². The number of Topliss-reactive ketones (excluding diaryl/α,β-unsaturated/α-hetero) is 1. The van der Waals surface area contributed by atoms with Gasteiger partial charge in [0.05, 0.1) is 18.8 Å². The van der Waals surface area contributed by atoms with Crippen LogP contribution in [0.25, 0.3) is 0 Å². The average Bonchev–Trinajstić information content (AvgIpc) is 2.73. The number of allylic oxidation sites excluding steroid dienone is 3. The molecule has 32 heavy (non-hydrogen) atoms. The highest BCUT2D eigenvalue weighted by Crippen LogP contribution is 2.46. The molecule has 0 radical (unpaired) electrons. The molecule has 1 aromatic carbocycles. The van der Waals surface area contributed by atoms with Crippen molar-refractivity contribution in [1.29, 1.82) is 0 Å². The fraction of sp³-hybridized carbons (Fsp3) is 0.480. The normalized spacial score (nSPS) is 22.9. The lowest BCUT2D eigenvalue weighted by atomic mass is 9.69. The zero-order valence-electron chi connectivity index (χ0n) is 19.0. The van der Waals surface area contributed by atoms with E-state index in [0.29, 0.717) is 40.9 Å². The molecule has 6 nitrogen and oxygen atoms in total. The summed E-state index contributed by atoms with van der Waals surface area (Å²) >= 11 is 0. The van der Waals surface area contributed by atoms with Crippen LogP contribution in [0.2, 0.25) is 0 Å². The Morgan fingerprint density at radius 2 is 1.88 bits per heavy atom. The zero-order chi connectivity index (χ0) is 23.4. The number of rotatable bonds is 7. The maximum absolute atomic E-state index is 14.2. The minimum absolute atomic E-state index is 0.167. The summed E-state index contributed by atoms with van der Waals surface area (Å²) < 4.78 is 24.7. The molecular weight excluding hydrogens is 413 g/mol. The summed E-state index contributed by atoms with van der Waals surface area (Å²) in [4.78, 5) is 39.4. The highest BCUT2D eigenvalue weighted by molar-refractivity contribution is 6.12. The molecule has 1 aromatic rings. The summed E-state index contributed by atoms with van der Waals surface area (Å²) in [7, 11) is 0. The number of nitrogens with one attached hydrogen (secondary N) is 1. The van der Waals surface area contributed by atoms with Gasteiger partial charge in [-0.15, -0.1) is 0 Å². The Balaban J connectivity index is 2.21. The molecule has 0 aromatic heterocycles. The number of carbonyl (C=O) groups is 3. The SMILES string of the molecule is CCCC1=C(C(=O)OCC)[C@H](c2cccc(F)c2)C2=C(C[C@H](C)[C@H](C(=O)OCC)C2=O)N1. The van der Waals surface area contributed by atoms with Gasteiger partial charge in [-0.3, -0.25) is 9.59 Å². The van der Waals surface area contributed by atoms with Crippen molar-refractivity contribution in [2.45, 2.75) is 52.9 Å². The van der Waals surface area contributed by atoms with Gasteiger partial charge in [-0.05, 0) is 50.3 Å². The molecule has 3 rings (SSSR count). The van der Waals surface area contributed by atoms with Gasteiger partial charge in [0.25, 0.3) is 0 Å². The van der Waals surface area contributed by atoms with Gasteiger partial charge in [0, 0.05) is 22.9 Å². The topological polar surface area (TPSA) is 81.7 Å². The second-order valence-electron chi connectivity index (χ2n) is 8.14. The van der Waals surface area contributed by atoms with Crippen LogP contribution in [-0.4, -0.2) is 30.9 Å². The Hall–Kier alpha value is -2.96. The van der Waals surface area contributed by atoms with Crippen LogP contribution < -0.4 is 5.32 Å². The monoisotopic (exact) mass is 443 g/mol. The van der Waals surface area contributed by atoms with Gasteiger partial charge in [0.2, 0.25) is 0 Å². The molecule has 0 unspecified atom stereocenters. The van der Waals surface area contributed by atoms with Crippen molar-refractivity contribution >= 4 is 17.7 Å². The predicted octanol–water partition coefficient (Wildman–Crippen LogP) is 4.17. The Bertz CT molecular complexity index is 980. The third kappa shape index (κ3) is 4.47. The van der Waals surface area contributed by atoms with Gasteiger partial charge < -0.3 is 14.8 Å². The molecule has 7 heteroatoms. The quantitative estimate of drug-likeness (QED) is 0.503. The van der Waals surface area contributed by atoms with E-state index in [1.54, 1.807) is 26.0 Å². The van der Waals surface area contributed by atoms with Crippen LogP contribution in [0.15, 0.2) is 46.8 Å². The van der Waals surface area contributed by atoms with Gasteiger partial charge in [0.1, 0.15) is 11.7 Å². The first kappa shape index (κ1) is 23.7. The Kier molecular flexibility index (Phi) is 7.48. The molecule has 3 atom stereocenters. The van der Waals surface area contributed by atoms with Crippen molar-refractivity contribution in [2.75, 3.05) is 13.2 Å². The minimum atomic E-state index is -0.970. The maximum Gasteiger partial charge on any atom is 0.336 e.